The first-order valence-corrected chi connectivity index (χ1v) is 5.75. The number of benzene rings is 1. The van der Waals surface area contributed by atoms with Crippen molar-refractivity contribution in [3.8, 4) is 0 Å². The van der Waals surface area contributed by atoms with E-state index in [4.69, 9.17) is 0 Å². The van der Waals surface area contributed by atoms with Crippen molar-refractivity contribution in [1.82, 2.24) is 4.90 Å². The zero-order chi connectivity index (χ0) is 11.5. The Morgan fingerprint density at radius 3 is 2.94 bits per heavy atom. The van der Waals surface area contributed by atoms with Crippen LogP contribution in [0, 0.1) is 0 Å². The van der Waals surface area contributed by atoms with Gasteiger partial charge < -0.3 is 4.90 Å². The Morgan fingerprint density at radius 1 is 1.44 bits per heavy atom. The molecule has 2 rings (SSSR count). The number of likely N-dealkylation sites (N-methyl/N-ethyl adjacent to an activating group) is 1. The summed E-state index contributed by atoms with van der Waals surface area (Å²) >= 11 is 1.65. The minimum atomic E-state index is -0.490. The molecule has 2 aromatic rings. The predicted octanol–water partition coefficient (Wildman–Crippen LogP) is 2.06. The Labute approximate surface area is 97.3 Å². The maximum Gasteiger partial charge on any atom is 0.286 e. The van der Waals surface area contributed by atoms with Gasteiger partial charge >= 0.3 is 0 Å². The number of carbonyl (C=O) groups excluding carboxylic acids is 2. The summed E-state index contributed by atoms with van der Waals surface area (Å²) in [7, 11) is 1.63. The van der Waals surface area contributed by atoms with E-state index in [1.807, 2.05) is 29.6 Å². The van der Waals surface area contributed by atoms with Crippen LogP contribution in [-0.2, 0) is 16.1 Å². The molecule has 0 saturated heterocycles. The van der Waals surface area contributed by atoms with E-state index in [2.05, 4.69) is 0 Å². The van der Waals surface area contributed by atoms with Crippen molar-refractivity contribution >= 4 is 33.6 Å². The van der Waals surface area contributed by atoms with Crippen LogP contribution in [0.25, 0.3) is 10.1 Å². The Balaban J connectivity index is 2.28. The highest BCUT2D eigenvalue weighted by atomic mass is 32.1. The number of aldehydes is 1. The monoisotopic (exact) mass is 233 g/mol. The first kappa shape index (κ1) is 10.8. The van der Waals surface area contributed by atoms with Crippen molar-refractivity contribution in [3.05, 3.63) is 35.2 Å². The molecule has 0 atom stereocenters. The molecule has 0 saturated carbocycles. The SMILES string of the molecule is CN(Cc1csc2ccccc12)C(=O)C=O. The van der Waals surface area contributed by atoms with Gasteiger partial charge in [-0.05, 0) is 22.4 Å². The van der Waals surface area contributed by atoms with E-state index in [-0.39, 0.29) is 0 Å². The second-order valence-corrected chi connectivity index (χ2v) is 4.48. The smallest absolute Gasteiger partial charge is 0.286 e. The normalized spacial score (nSPS) is 10.3. The third-order valence-electron chi connectivity index (χ3n) is 2.45. The van der Waals surface area contributed by atoms with Crippen LogP contribution in [0.3, 0.4) is 0 Å². The standard InChI is InChI=1S/C12H11NO2S/c1-13(12(15)7-14)6-9-8-16-11-5-3-2-4-10(9)11/h2-5,7-8H,6H2,1H3. The van der Waals surface area contributed by atoms with Gasteiger partial charge in [0.05, 0.1) is 0 Å². The molecule has 0 bridgehead atoms. The fourth-order valence-electron chi connectivity index (χ4n) is 1.58. The van der Waals surface area contributed by atoms with E-state index in [0.717, 1.165) is 10.9 Å². The highest BCUT2D eigenvalue weighted by Crippen LogP contribution is 2.26. The van der Waals surface area contributed by atoms with Gasteiger partial charge in [-0.1, -0.05) is 18.2 Å². The Bertz CT molecular complexity index is 533. The first-order chi connectivity index (χ1) is 7.72. The minimum absolute atomic E-state index is 0.342. The van der Waals surface area contributed by atoms with Gasteiger partial charge in [-0.3, -0.25) is 9.59 Å². The van der Waals surface area contributed by atoms with Crippen molar-refractivity contribution in [3.63, 3.8) is 0 Å². The lowest BCUT2D eigenvalue weighted by molar-refractivity contribution is -0.138. The van der Waals surface area contributed by atoms with Crippen LogP contribution < -0.4 is 0 Å². The Hall–Kier alpha value is -1.68. The predicted molar refractivity (Wildman–Crippen MR) is 64.4 cm³/mol. The lowest BCUT2D eigenvalue weighted by atomic mass is 10.2. The number of thiophene rings is 1. The van der Waals surface area contributed by atoms with Gasteiger partial charge in [0.25, 0.3) is 5.91 Å². The van der Waals surface area contributed by atoms with Crippen molar-refractivity contribution in [1.29, 1.82) is 0 Å². The number of carbonyl (C=O) groups is 2. The molecule has 0 aliphatic carbocycles. The van der Waals surface area contributed by atoms with E-state index in [9.17, 15) is 9.59 Å². The van der Waals surface area contributed by atoms with Crippen molar-refractivity contribution < 1.29 is 9.59 Å². The molecule has 1 aromatic heterocycles. The van der Waals surface area contributed by atoms with Crippen molar-refractivity contribution in [2.45, 2.75) is 6.54 Å². The van der Waals surface area contributed by atoms with Gasteiger partial charge in [0.15, 0.2) is 0 Å². The summed E-state index contributed by atoms with van der Waals surface area (Å²) in [6, 6.07) is 8.04. The van der Waals surface area contributed by atoms with Crippen molar-refractivity contribution in [2.75, 3.05) is 7.05 Å². The summed E-state index contributed by atoms with van der Waals surface area (Å²) in [4.78, 5) is 22.9. The largest absolute Gasteiger partial charge is 0.335 e. The maximum atomic E-state index is 11.1. The lowest BCUT2D eigenvalue weighted by Gasteiger charge is -2.12. The number of rotatable bonds is 3. The van der Waals surface area contributed by atoms with E-state index in [1.54, 1.807) is 18.4 Å². The maximum absolute atomic E-state index is 11.1. The van der Waals surface area contributed by atoms with Gasteiger partial charge in [-0.15, -0.1) is 11.3 Å². The zero-order valence-corrected chi connectivity index (χ0v) is 9.66. The number of amides is 1. The molecule has 0 aliphatic heterocycles. The molecule has 16 heavy (non-hydrogen) atoms. The fourth-order valence-corrected chi connectivity index (χ4v) is 2.53. The molecular weight excluding hydrogens is 222 g/mol. The summed E-state index contributed by atoms with van der Waals surface area (Å²) in [6.45, 7) is 0.474. The van der Waals surface area contributed by atoms with Gasteiger partial charge in [0, 0.05) is 18.3 Å². The third-order valence-corrected chi connectivity index (χ3v) is 3.46. The molecular formula is C12H11NO2S. The fraction of sp³-hybridized carbons (Fsp3) is 0.167. The molecule has 0 fully saturated rings. The number of hydrogen-bond donors (Lipinski definition) is 0. The van der Waals surface area contributed by atoms with E-state index < -0.39 is 5.91 Å². The third kappa shape index (κ3) is 1.97. The molecule has 4 heteroatoms. The van der Waals surface area contributed by atoms with Crippen LogP contribution in [0.15, 0.2) is 29.6 Å². The average Bonchev–Trinajstić information content (AvgIpc) is 2.72. The van der Waals surface area contributed by atoms with Crippen LogP contribution >= 0.6 is 11.3 Å². The van der Waals surface area contributed by atoms with Gasteiger partial charge in [0.1, 0.15) is 0 Å². The second-order valence-electron chi connectivity index (χ2n) is 3.57. The van der Waals surface area contributed by atoms with Gasteiger partial charge in [-0.2, -0.15) is 0 Å². The quantitative estimate of drug-likeness (QED) is 0.601. The van der Waals surface area contributed by atoms with Crippen LogP contribution in [0.5, 0.6) is 0 Å². The molecule has 1 heterocycles. The van der Waals surface area contributed by atoms with Crippen molar-refractivity contribution in [2.24, 2.45) is 0 Å². The Morgan fingerprint density at radius 2 is 2.19 bits per heavy atom. The van der Waals surface area contributed by atoms with E-state index in [1.165, 1.54) is 9.60 Å². The van der Waals surface area contributed by atoms with E-state index >= 15 is 0 Å². The molecule has 0 unspecified atom stereocenters. The molecule has 1 amide bonds. The topological polar surface area (TPSA) is 37.4 Å². The second kappa shape index (κ2) is 4.45. The lowest BCUT2D eigenvalue weighted by Crippen LogP contribution is -2.26. The number of hydrogen-bond acceptors (Lipinski definition) is 3. The highest BCUT2D eigenvalue weighted by Gasteiger charge is 2.10. The number of fused-ring (bicyclic) bond motifs is 1. The molecule has 0 N–H and O–H groups in total. The van der Waals surface area contributed by atoms with Gasteiger partial charge in [-0.25, -0.2) is 0 Å². The molecule has 3 nitrogen and oxygen atoms in total. The molecule has 82 valence electrons. The Kier molecular flexibility index (Phi) is 3.01. The summed E-state index contributed by atoms with van der Waals surface area (Å²) in [5, 5.41) is 3.18. The summed E-state index contributed by atoms with van der Waals surface area (Å²) in [6.07, 6.45) is 0.342. The summed E-state index contributed by atoms with van der Waals surface area (Å²) in [5.41, 5.74) is 1.08. The number of nitrogens with zero attached hydrogens (tertiary/aromatic N) is 1. The van der Waals surface area contributed by atoms with Crippen LogP contribution in [-0.4, -0.2) is 24.1 Å². The highest BCUT2D eigenvalue weighted by molar-refractivity contribution is 7.17. The molecule has 0 radical (unpaired) electrons. The average molecular weight is 233 g/mol. The van der Waals surface area contributed by atoms with Crippen LogP contribution in [0.1, 0.15) is 5.56 Å². The molecule has 0 spiro atoms. The first-order valence-electron chi connectivity index (χ1n) is 4.87. The zero-order valence-electron chi connectivity index (χ0n) is 8.84. The van der Waals surface area contributed by atoms with Crippen LogP contribution in [0.4, 0.5) is 0 Å². The molecule has 0 aliphatic rings. The van der Waals surface area contributed by atoms with Gasteiger partial charge in [0.2, 0.25) is 6.29 Å². The summed E-state index contributed by atoms with van der Waals surface area (Å²) < 4.78 is 1.20. The van der Waals surface area contributed by atoms with E-state index in [0.29, 0.717) is 12.8 Å². The van der Waals surface area contributed by atoms with Crippen LogP contribution in [0.2, 0.25) is 0 Å². The summed E-state index contributed by atoms with van der Waals surface area (Å²) in [5.74, 6) is -0.490. The minimum Gasteiger partial charge on any atom is -0.335 e. The molecule has 1 aromatic carbocycles.